The van der Waals surface area contributed by atoms with E-state index < -0.39 is 0 Å². The third kappa shape index (κ3) is 2.65. The Morgan fingerprint density at radius 3 is 3.17 bits per heavy atom. The molecule has 3 aromatic heterocycles. The number of aryl methyl sites for hydroxylation is 1. The van der Waals surface area contributed by atoms with Crippen LogP contribution in [0.5, 0.6) is 0 Å². The van der Waals surface area contributed by atoms with Crippen LogP contribution in [0, 0.1) is 0 Å². The lowest BCUT2D eigenvalue weighted by atomic mass is 10.0. The monoisotopic (exact) mass is 326 g/mol. The number of fused-ring (bicyclic) bond motifs is 1. The molecule has 0 spiro atoms. The number of nitrogens with zero attached hydrogens (tertiary/aromatic N) is 5. The smallest absolute Gasteiger partial charge is 0.253 e. The van der Waals surface area contributed by atoms with Gasteiger partial charge in [0.1, 0.15) is 12.4 Å². The minimum absolute atomic E-state index is 0.0661. The van der Waals surface area contributed by atoms with E-state index in [9.17, 15) is 4.79 Å². The Morgan fingerprint density at radius 2 is 2.33 bits per heavy atom. The maximum Gasteiger partial charge on any atom is 0.253 e. The van der Waals surface area contributed by atoms with Crippen LogP contribution in [-0.4, -0.2) is 42.9 Å². The van der Waals surface area contributed by atoms with Crippen LogP contribution >= 0.6 is 0 Å². The van der Waals surface area contributed by atoms with Gasteiger partial charge in [-0.1, -0.05) is 0 Å². The van der Waals surface area contributed by atoms with Crippen molar-refractivity contribution in [1.29, 1.82) is 0 Å². The fraction of sp³-hybridized carbons (Fsp3) is 0.375. The molecule has 0 aliphatic carbocycles. The number of carbonyl (C=O) groups excluding carboxylic acids is 1. The van der Waals surface area contributed by atoms with Gasteiger partial charge in [0.25, 0.3) is 5.91 Å². The molecule has 1 aliphatic heterocycles. The number of hydrogen-bond donors (Lipinski definition) is 1. The van der Waals surface area contributed by atoms with Gasteiger partial charge < -0.3 is 10.1 Å². The molecule has 1 aliphatic rings. The highest BCUT2D eigenvalue weighted by Gasteiger charge is 2.32. The number of nitrogens with one attached hydrogen (secondary N) is 1. The average Bonchev–Trinajstić information content (AvgIpc) is 3.33. The van der Waals surface area contributed by atoms with Crippen molar-refractivity contribution < 1.29 is 9.53 Å². The Labute approximate surface area is 138 Å². The van der Waals surface area contributed by atoms with Crippen molar-refractivity contribution >= 4 is 11.6 Å². The van der Waals surface area contributed by atoms with Crippen LogP contribution < -0.4 is 5.32 Å². The number of rotatable bonds is 4. The SMILES string of the molecule is CCn1cc([C@H]2OCC[C@@H]2NC(=O)c2ccc3nncn3c2)cn1. The summed E-state index contributed by atoms with van der Waals surface area (Å²) in [6.07, 6.45) is 7.70. The van der Waals surface area contributed by atoms with E-state index in [4.69, 9.17) is 4.74 Å². The first-order chi connectivity index (χ1) is 11.7. The lowest BCUT2D eigenvalue weighted by Gasteiger charge is -2.18. The van der Waals surface area contributed by atoms with Gasteiger partial charge in [0, 0.05) is 31.1 Å². The highest BCUT2D eigenvalue weighted by atomic mass is 16.5. The zero-order chi connectivity index (χ0) is 16.5. The molecule has 0 saturated carbocycles. The van der Waals surface area contributed by atoms with E-state index >= 15 is 0 Å². The number of ether oxygens (including phenoxy) is 1. The first kappa shape index (κ1) is 14.8. The van der Waals surface area contributed by atoms with Crippen molar-refractivity contribution in [1.82, 2.24) is 29.7 Å². The van der Waals surface area contributed by atoms with Gasteiger partial charge in [0.2, 0.25) is 0 Å². The van der Waals surface area contributed by atoms with Crippen molar-refractivity contribution in [3.05, 3.63) is 48.2 Å². The number of amides is 1. The van der Waals surface area contributed by atoms with E-state index in [2.05, 4.69) is 20.6 Å². The van der Waals surface area contributed by atoms with Crippen LogP contribution in [0.25, 0.3) is 5.65 Å². The molecule has 124 valence electrons. The molecular weight excluding hydrogens is 308 g/mol. The molecule has 4 rings (SSSR count). The number of hydrogen-bond acceptors (Lipinski definition) is 5. The number of pyridine rings is 1. The molecule has 1 amide bonds. The van der Waals surface area contributed by atoms with Crippen molar-refractivity contribution in [3.63, 3.8) is 0 Å². The molecule has 1 saturated heterocycles. The van der Waals surface area contributed by atoms with Gasteiger partial charge >= 0.3 is 0 Å². The summed E-state index contributed by atoms with van der Waals surface area (Å²) < 4.78 is 9.39. The fourth-order valence-corrected chi connectivity index (χ4v) is 2.98. The quantitative estimate of drug-likeness (QED) is 0.779. The van der Waals surface area contributed by atoms with Crippen LogP contribution in [0.2, 0.25) is 0 Å². The zero-order valence-electron chi connectivity index (χ0n) is 13.3. The Bertz CT molecular complexity index is 870. The summed E-state index contributed by atoms with van der Waals surface area (Å²) in [5.41, 5.74) is 2.27. The van der Waals surface area contributed by atoms with Crippen molar-refractivity contribution in [2.24, 2.45) is 0 Å². The number of carbonyl (C=O) groups is 1. The largest absolute Gasteiger partial charge is 0.371 e. The van der Waals surface area contributed by atoms with Crippen molar-refractivity contribution in [2.75, 3.05) is 6.61 Å². The normalized spacial score (nSPS) is 20.5. The summed E-state index contributed by atoms with van der Waals surface area (Å²) in [5, 5.41) is 15.1. The third-order valence-corrected chi connectivity index (χ3v) is 4.27. The summed E-state index contributed by atoms with van der Waals surface area (Å²) in [5.74, 6) is -0.131. The van der Waals surface area contributed by atoms with Crippen LogP contribution in [-0.2, 0) is 11.3 Å². The molecular formula is C16H18N6O2. The van der Waals surface area contributed by atoms with Crippen LogP contribution in [0.15, 0.2) is 37.1 Å². The highest BCUT2D eigenvalue weighted by Crippen LogP contribution is 2.29. The van der Waals surface area contributed by atoms with Crippen LogP contribution in [0.3, 0.4) is 0 Å². The van der Waals surface area contributed by atoms with Gasteiger partial charge in [-0.15, -0.1) is 10.2 Å². The molecule has 3 aromatic rings. The van der Waals surface area contributed by atoms with Crippen molar-refractivity contribution in [3.8, 4) is 0 Å². The van der Waals surface area contributed by atoms with Crippen LogP contribution in [0.1, 0.15) is 35.4 Å². The highest BCUT2D eigenvalue weighted by molar-refractivity contribution is 5.94. The van der Waals surface area contributed by atoms with Crippen molar-refractivity contribution in [2.45, 2.75) is 32.0 Å². The van der Waals surface area contributed by atoms with Gasteiger partial charge in [-0.3, -0.25) is 13.9 Å². The lowest BCUT2D eigenvalue weighted by molar-refractivity contribution is 0.0821. The summed E-state index contributed by atoms with van der Waals surface area (Å²) in [6.45, 7) is 3.47. The second-order valence-electron chi connectivity index (χ2n) is 5.80. The maximum absolute atomic E-state index is 12.6. The van der Waals surface area contributed by atoms with E-state index in [1.807, 2.05) is 24.0 Å². The molecule has 0 unspecified atom stereocenters. The summed E-state index contributed by atoms with van der Waals surface area (Å²) in [7, 11) is 0. The minimum atomic E-state index is -0.159. The summed E-state index contributed by atoms with van der Waals surface area (Å²) in [6, 6.07) is 3.46. The second-order valence-corrected chi connectivity index (χ2v) is 5.80. The van der Waals surface area contributed by atoms with E-state index in [0.29, 0.717) is 17.8 Å². The first-order valence-electron chi connectivity index (χ1n) is 7.99. The lowest BCUT2D eigenvalue weighted by Crippen LogP contribution is -2.36. The minimum Gasteiger partial charge on any atom is -0.371 e. The second kappa shape index (κ2) is 6.04. The van der Waals surface area contributed by atoms with Crippen LogP contribution in [0.4, 0.5) is 0 Å². The third-order valence-electron chi connectivity index (χ3n) is 4.27. The fourth-order valence-electron chi connectivity index (χ4n) is 2.98. The molecule has 0 bridgehead atoms. The summed E-state index contributed by atoms with van der Waals surface area (Å²) in [4.78, 5) is 12.6. The van der Waals surface area contributed by atoms with Gasteiger partial charge in [-0.25, -0.2) is 0 Å². The molecule has 4 heterocycles. The molecule has 8 heteroatoms. The molecule has 0 aromatic carbocycles. The van der Waals surface area contributed by atoms with Gasteiger partial charge in [0.05, 0.1) is 17.8 Å². The first-order valence-corrected chi connectivity index (χ1v) is 7.99. The van der Waals surface area contributed by atoms with E-state index in [1.165, 1.54) is 0 Å². The van der Waals surface area contributed by atoms with E-state index in [-0.39, 0.29) is 18.1 Å². The van der Waals surface area contributed by atoms with E-state index in [0.717, 1.165) is 18.5 Å². The topological polar surface area (TPSA) is 86.3 Å². The molecule has 0 radical (unpaired) electrons. The molecule has 1 fully saturated rings. The predicted molar refractivity (Wildman–Crippen MR) is 85.5 cm³/mol. The number of aromatic nitrogens is 5. The molecule has 1 N–H and O–H groups in total. The Balaban J connectivity index is 1.51. The van der Waals surface area contributed by atoms with Gasteiger partial charge in [-0.05, 0) is 25.5 Å². The molecule has 24 heavy (non-hydrogen) atoms. The molecule has 8 nitrogen and oxygen atoms in total. The predicted octanol–water partition coefficient (Wildman–Crippen LogP) is 1.21. The average molecular weight is 326 g/mol. The van der Waals surface area contributed by atoms with E-state index in [1.54, 1.807) is 29.1 Å². The summed E-state index contributed by atoms with van der Waals surface area (Å²) >= 11 is 0. The Hall–Kier alpha value is -2.74. The zero-order valence-corrected chi connectivity index (χ0v) is 13.3. The maximum atomic E-state index is 12.6. The Morgan fingerprint density at radius 1 is 1.42 bits per heavy atom. The Kier molecular flexibility index (Phi) is 3.73. The van der Waals surface area contributed by atoms with Gasteiger partial charge in [-0.2, -0.15) is 5.10 Å². The standard InChI is InChI=1S/C16H18N6O2/c1-2-22-9-12(7-18-22)15-13(5-6-24-15)19-16(23)11-3-4-14-20-17-10-21(14)8-11/h3-4,7-10,13,15H,2,5-6H2,1H3,(H,19,23)/t13-,15+/m0/s1. The molecule has 2 atom stereocenters. The van der Waals surface area contributed by atoms with Gasteiger partial charge in [0.15, 0.2) is 5.65 Å².